The van der Waals surface area contributed by atoms with E-state index in [2.05, 4.69) is 0 Å². The molecule has 16 heavy (non-hydrogen) atoms. The number of nitrogens with two attached hydrogens (primary N) is 1. The quantitative estimate of drug-likeness (QED) is 0.910. The van der Waals surface area contributed by atoms with Crippen molar-refractivity contribution in [3.8, 4) is 0 Å². The largest absolute Gasteiger partial charge is 0.320 e. The van der Waals surface area contributed by atoms with Crippen molar-refractivity contribution in [2.45, 2.75) is 19.9 Å². The standard InChI is InChI=1S/C11H15ClN2O.ClH/c1-3-14(11(15)8(2)13)10-6-4-5-9(12)7-10;/h4-8H,3,13H2,1-2H3;1H/t8-;/m0./s1. The summed E-state index contributed by atoms with van der Waals surface area (Å²) in [6.07, 6.45) is 0. The summed E-state index contributed by atoms with van der Waals surface area (Å²) in [5.41, 5.74) is 6.35. The highest BCUT2D eigenvalue weighted by Gasteiger charge is 2.17. The number of halogens is 2. The molecule has 0 aliphatic carbocycles. The average molecular weight is 263 g/mol. The Labute approximate surface area is 107 Å². The van der Waals surface area contributed by atoms with Gasteiger partial charge in [-0.3, -0.25) is 4.79 Å². The Morgan fingerprint density at radius 1 is 1.56 bits per heavy atom. The molecule has 0 fully saturated rings. The smallest absolute Gasteiger partial charge is 0.243 e. The van der Waals surface area contributed by atoms with Crippen molar-refractivity contribution in [1.29, 1.82) is 0 Å². The van der Waals surface area contributed by atoms with E-state index in [1.54, 1.807) is 24.0 Å². The topological polar surface area (TPSA) is 46.3 Å². The van der Waals surface area contributed by atoms with Crippen molar-refractivity contribution in [3.05, 3.63) is 29.3 Å². The summed E-state index contributed by atoms with van der Waals surface area (Å²) in [6.45, 7) is 4.16. The van der Waals surface area contributed by atoms with Crippen molar-refractivity contribution < 1.29 is 4.79 Å². The zero-order valence-electron chi connectivity index (χ0n) is 9.31. The van der Waals surface area contributed by atoms with Crippen LogP contribution in [0.15, 0.2) is 24.3 Å². The van der Waals surface area contributed by atoms with Crippen LogP contribution in [-0.2, 0) is 4.79 Å². The lowest BCUT2D eigenvalue weighted by Gasteiger charge is -2.23. The molecule has 90 valence electrons. The number of hydrogen-bond donors (Lipinski definition) is 1. The molecule has 0 saturated carbocycles. The first-order chi connectivity index (χ1) is 7.06. The fourth-order valence-corrected chi connectivity index (χ4v) is 1.54. The summed E-state index contributed by atoms with van der Waals surface area (Å²) >= 11 is 5.86. The van der Waals surface area contributed by atoms with E-state index in [1.807, 2.05) is 19.1 Å². The van der Waals surface area contributed by atoms with Gasteiger partial charge in [0.05, 0.1) is 6.04 Å². The van der Waals surface area contributed by atoms with Gasteiger partial charge < -0.3 is 10.6 Å². The molecule has 1 aromatic rings. The number of amides is 1. The van der Waals surface area contributed by atoms with Gasteiger partial charge in [-0.15, -0.1) is 12.4 Å². The molecule has 0 heterocycles. The van der Waals surface area contributed by atoms with Crippen molar-refractivity contribution >= 4 is 35.6 Å². The third kappa shape index (κ3) is 3.67. The highest BCUT2D eigenvalue weighted by atomic mass is 35.5. The molecule has 0 aromatic heterocycles. The van der Waals surface area contributed by atoms with Gasteiger partial charge in [0.1, 0.15) is 0 Å². The molecular weight excluding hydrogens is 247 g/mol. The maximum atomic E-state index is 11.7. The van der Waals surface area contributed by atoms with Crippen molar-refractivity contribution in [2.75, 3.05) is 11.4 Å². The summed E-state index contributed by atoms with van der Waals surface area (Å²) < 4.78 is 0. The van der Waals surface area contributed by atoms with E-state index >= 15 is 0 Å². The first kappa shape index (κ1) is 15.2. The Balaban J connectivity index is 0.00000225. The molecule has 1 atom stereocenters. The molecule has 0 bridgehead atoms. The Kier molecular flexibility index (Phi) is 6.41. The Hall–Kier alpha value is -0.770. The maximum absolute atomic E-state index is 11.7. The van der Waals surface area contributed by atoms with Crippen LogP contribution in [0.1, 0.15) is 13.8 Å². The highest BCUT2D eigenvalue weighted by Crippen LogP contribution is 2.19. The SMILES string of the molecule is CCN(C(=O)[C@H](C)N)c1cccc(Cl)c1.Cl. The predicted octanol–water partition coefficient (Wildman–Crippen LogP) is 2.46. The molecular formula is C11H16Cl2N2O. The van der Waals surface area contributed by atoms with E-state index in [9.17, 15) is 4.79 Å². The fraction of sp³-hybridized carbons (Fsp3) is 0.364. The van der Waals surface area contributed by atoms with E-state index in [0.717, 1.165) is 5.69 Å². The zero-order chi connectivity index (χ0) is 11.4. The molecule has 1 amide bonds. The monoisotopic (exact) mass is 262 g/mol. The van der Waals surface area contributed by atoms with Crippen LogP contribution in [0.3, 0.4) is 0 Å². The van der Waals surface area contributed by atoms with Gasteiger partial charge in [-0.1, -0.05) is 17.7 Å². The number of hydrogen-bond acceptors (Lipinski definition) is 2. The third-order valence-electron chi connectivity index (χ3n) is 2.09. The van der Waals surface area contributed by atoms with E-state index in [0.29, 0.717) is 11.6 Å². The Morgan fingerprint density at radius 3 is 2.62 bits per heavy atom. The molecule has 0 radical (unpaired) electrons. The molecule has 1 rings (SSSR count). The van der Waals surface area contributed by atoms with Crippen molar-refractivity contribution in [1.82, 2.24) is 0 Å². The summed E-state index contributed by atoms with van der Waals surface area (Å²) in [5, 5.41) is 0.614. The average Bonchev–Trinajstić information content (AvgIpc) is 2.18. The van der Waals surface area contributed by atoms with E-state index in [1.165, 1.54) is 0 Å². The molecule has 0 saturated heterocycles. The minimum absolute atomic E-state index is 0. The van der Waals surface area contributed by atoms with Gasteiger partial charge in [0.2, 0.25) is 5.91 Å². The van der Waals surface area contributed by atoms with Crippen LogP contribution in [0, 0.1) is 0 Å². The lowest BCUT2D eigenvalue weighted by molar-refractivity contribution is -0.119. The van der Waals surface area contributed by atoms with Crippen LogP contribution >= 0.6 is 24.0 Å². The van der Waals surface area contributed by atoms with Gasteiger partial charge in [0.25, 0.3) is 0 Å². The number of benzene rings is 1. The molecule has 2 N–H and O–H groups in total. The molecule has 0 unspecified atom stereocenters. The van der Waals surface area contributed by atoms with Gasteiger partial charge in [0, 0.05) is 17.3 Å². The highest BCUT2D eigenvalue weighted by molar-refractivity contribution is 6.30. The predicted molar refractivity (Wildman–Crippen MR) is 70.4 cm³/mol. The van der Waals surface area contributed by atoms with Gasteiger partial charge in [-0.25, -0.2) is 0 Å². The van der Waals surface area contributed by atoms with Crippen LogP contribution in [0.25, 0.3) is 0 Å². The van der Waals surface area contributed by atoms with Crippen LogP contribution in [0.5, 0.6) is 0 Å². The second-order valence-electron chi connectivity index (χ2n) is 3.35. The summed E-state index contributed by atoms with van der Waals surface area (Å²) in [5.74, 6) is -0.0974. The van der Waals surface area contributed by atoms with E-state index < -0.39 is 6.04 Å². The third-order valence-corrected chi connectivity index (χ3v) is 2.33. The Morgan fingerprint density at radius 2 is 2.19 bits per heavy atom. The molecule has 5 heteroatoms. The first-order valence-corrected chi connectivity index (χ1v) is 5.26. The van der Waals surface area contributed by atoms with Crippen LogP contribution in [0.4, 0.5) is 5.69 Å². The number of rotatable bonds is 3. The van der Waals surface area contributed by atoms with Crippen LogP contribution < -0.4 is 10.6 Å². The lowest BCUT2D eigenvalue weighted by Crippen LogP contribution is -2.42. The van der Waals surface area contributed by atoms with Crippen LogP contribution in [0.2, 0.25) is 5.02 Å². The molecule has 0 aliphatic rings. The van der Waals surface area contributed by atoms with Gasteiger partial charge in [-0.2, -0.15) is 0 Å². The second kappa shape index (κ2) is 6.74. The van der Waals surface area contributed by atoms with Crippen molar-refractivity contribution in [2.24, 2.45) is 5.73 Å². The number of carbonyl (C=O) groups excluding carboxylic acids is 1. The van der Waals surface area contributed by atoms with E-state index in [4.69, 9.17) is 17.3 Å². The normalized spacial score (nSPS) is 11.5. The number of nitrogens with zero attached hydrogens (tertiary/aromatic N) is 1. The van der Waals surface area contributed by atoms with Gasteiger partial charge in [0.15, 0.2) is 0 Å². The van der Waals surface area contributed by atoms with Crippen LogP contribution in [-0.4, -0.2) is 18.5 Å². The second-order valence-corrected chi connectivity index (χ2v) is 3.79. The molecule has 1 aromatic carbocycles. The molecule has 0 spiro atoms. The summed E-state index contributed by atoms with van der Waals surface area (Å²) in [6, 6.07) is 6.69. The summed E-state index contributed by atoms with van der Waals surface area (Å²) in [7, 11) is 0. The van der Waals surface area contributed by atoms with Crippen molar-refractivity contribution in [3.63, 3.8) is 0 Å². The maximum Gasteiger partial charge on any atom is 0.243 e. The lowest BCUT2D eigenvalue weighted by atomic mass is 10.2. The van der Waals surface area contributed by atoms with Gasteiger partial charge >= 0.3 is 0 Å². The van der Waals surface area contributed by atoms with E-state index in [-0.39, 0.29) is 18.3 Å². The Bertz CT molecular complexity index is 356. The fourth-order valence-electron chi connectivity index (χ4n) is 1.36. The number of anilines is 1. The first-order valence-electron chi connectivity index (χ1n) is 4.88. The minimum Gasteiger partial charge on any atom is -0.320 e. The number of carbonyl (C=O) groups is 1. The number of likely N-dealkylation sites (N-methyl/N-ethyl adjacent to an activating group) is 1. The summed E-state index contributed by atoms with van der Waals surface area (Å²) in [4.78, 5) is 13.4. The zero-order valence-corrected chi connectivity index (χ0v) is 10.9. The van der Waals surface area contributed by atoms with Gasteiger partial charge in [-0.05, 0) is 32.0 Å². The molecule has 3 nitrogen and oxygen atoms in total. The minimum atomic E-state index is -0.496. The molecule has 0 aliphatic heterocycles.